The fourth-order valence-corrected chi connectivity index (χ4v) is 4.43. The summed E-state index contributed by atoms with van der Waals surface area (Å²) in [6, 6.07) is 12.0. The van der Waals surface area contributed by atoms with Crippen molar-refractivity contribution in [2.24, 2.45) is 0 Å². The number of hydrogen-bond donors (Lipinski definition) is 2. The van der Waals surface area contributed by atoms with Gasteiger partial charge in [-0.3, -0.25) is 4.79 Å². The standard InChI is InChI=1S/C20H20F2N4O2S2/c1-11-7-6-9-14(12(11)2)24-19-25-26-20(30-19)29-13(3)17(27)23-15-8-4-5-10-16(15)28-18(21)22/h4-10,13,18H,1-3H3,(H,23,27)(H,24,25). The van der Waals surface area contributed by atoms with E-state index >= 15 is 0 Å². The van der Waals surface area contributed by atoms with Gasteiger partial charge < -0.3 is 15.4 Å². The molecule has 0 aliphatic carbocycles. The van der Waals surface area contributed by atoms with Crippen molar-refractivity contribution in [2.75, 3.05) is 10.6 Å². The third kappa shape index (κ3) is 5.67. The zero-order valence-corrected chi connectivity index (χ0v) is 18.1. The fraction of sp³-hybridized carbons (Fsp3) is 0.250. The van der Waals surface area contributed by atoms with Crippen molar-refractivity contribution in [2.45, 2.75) is 37.0 Å². The zero-order valence-electron chi connectivity index (χ0n) is 16.5. The Kier molecular flexibility index (Phi) is 7.22. The van der Waals surface area contributed by atoms with Crippen molar-refractivity contribution in [3.8, 4) is 5.75 Å². The molecule has 6 nitrogen and oxygen atoms in total. The second-order valence-corrected chi connectivity index (χ2v) is 8.94. The first-order valence-corrected chi connectivity index (χ1v) is 10.7. The van der Waals surface area contributed by atoms with Crippen molar-refractivity contribution in [1.29, 1.82) is 0 Å². The van der Waals surface area contributed by atoms with Gasteiger partial charge in [-0.25, -0.2) is 0 Å². The van der Waals surface area contributed by atoms with Gasteiger partial charge in [-0.05, 0) is 50.1 Å². The summed E-state index contributed by atoms with van der Waals surface area (Å²) in [5, 5.41) is 14.2. The number of para-hydroxylation sites is 2. The Bertz CT molecular complexity index is 1030. The van der Waals surface area contributed by atoms with Crippen LogP contribution in [0.2, 0.25) is 0 Å². The lowest BCUT2D eigenvalue weighted by Crippen LogP contribution is -2.23. The molecule has 2 N–H and O–H groups in total. The highest BCUT2D eigenvalue weighted by Crippen LogP contribution is 2.33. The molecular weight excluding hydrogens is 430 g/mol. The van der Waals surface area contributed by atoms with Crippen molar-refractivity contribution in [3.05, 3.63) is 53.6 Å². The Morgan fingerprint density at radius 1 is 1.10 bits per heavy atom. The van der Waals surface area contributed by atoms with E-state index in [2.05, 4.69) is 25.6 Å². The van der Waals surface area contributed by atoms with Crippen LogP contribution in [0.5, 0.6) is 5.75 Å². The largest absolute Gasteiger partial charge is 0.433 e. The van der Waals surface area contributed by atoms with Crippen LogP contribution in [0.3, 0.4) is 0 Å². The minimum atomic E-state index is -2.97. The molecule has 1 heterocycles. The van der Waals surface area contributed by atoms with Crippen LogP contribution in [0.4, 0.5) is 25.3 Å². The van der Waals surface area contributed by atoms with Gasteiger partial charge in [-0.15, -0.1) is 10.2 Å². The lowest BCUT2D eigenvalue weighted by Gasteiger charge is -2.14. The lowest BCUT2D eigenvalue weighted by atomic mass is 10.1. The van der Waals surface area contributed by atoms with Crippen LogP contribution in [0.15, 0.2) is 46.8 Å². The van der Waals surface area contributed by atoms with Gasteiger partial charge in [0.2, 0.25) is 11.0 Å². The molecule has 10 heteroatoms. The minimum absolute atomic E-state index is 0.0889. The van der Waals surface area contributed by atoms with Gasteiger partial charge in [-0.2, -0.15) is 8.78 Å². The number of ether oxygens (including phenoxy) is 1. The van der Waals surface area contributed by atoms with Crippen LogP contribution < -0.4 is 15.4 Å². The van der Waals surface area contributed by atoms with Gasteiger partial charge in [-0.1, -0.05) is 47.4 Å². The third-order valence-corrected chi connectivity index (χ3v) is 6.28. The monoisotopic (exact) mass is 450 g/mol. The van der Waals surface area contributed by atoms with Crippen LogP contribution in [-0.4, -0.2) is 28.0 Å². The van der Waals surface area contributed by atoms with Crippen LogP contribution in [0, 0.1) is 13.8 Å². The number of thioether (sulfide) groups is 1. The number of amides is 1. The lowest BCUT2D eigenvalue weighted by molar-refractivity contribution is -0.115. The quantitative estimate of drug-likeness (QED) is 0.434. The number of benzene rings is 2. The van der Waals surface area contributed by atoms with Crippen LogP contribution in [0.25, 0.3) is 0 Å². The Labute approximate surface area is 181 Å². The fourth-order valence-electron chi connectivity index (χ4n) is 2.52. The molecule has 0 aliphatic heterocycles. The number of rotatable bonds is 8. The predicted molar refractivity (Wildman–Crippen MR) is 116 cm³/mol. The molecular formula is C20H20F2N4O2S2. The molecule has 1 unspecified atom stereocenters. The van der Waals surface area contributed by atoms with Crippen LogP contribution in [0.1, 0.15) is 18.1 Å². The van der Waals surface area contributed by atoms with E-state index in [1.54, 1.807) is 19.1 Å². The first-order valence-electron chi connectivity index (χ1n) is 9.01. The van der Waals surface area contributed by atoms with E-state index in [9.17, 15) is 13.6 Å². The van der Waals surface area contributed by atoms with Crippen LogP contribution in [-0.2, 0) is 4.79 Å². The number of halogens is 2. The topological polar surface area (TPSA) is 76.1 Å². The highest BCUT2D eigenvalue weighted by atomic mass is 32.2. The van der Waals surface area contributed by atoms with Crippen molar-refractivity contribution in [1.82, 2.24) is 10.2 Å². The average Bonchev–Trinajstić information content (AvgIpc) is 3.13. The third-order valence-electron chi connectivity index (χ3n) is 4.26. The summed E-state index contributed by atoms with van der Waals surface area (Å²) in [5.74, 6) is -0.446. The summed E-state index contributed by atoms with van der Waals surface area (Å²) in [5.41, 5.74) is 3.42. The number of carbonyl (C=O) groups is 1. The molecule has 1 amide bonds. The molecule has 0 fully saturated rings. The van der Waals surface area contributed by atoms with Gasteiger partial charge in [0.15, 0.2) is 4.34 Å². The molecule has 1 atom stereocenters. The highest BCUT2D eigenvalue weighted by molar-refractivity contribution is 8.02. The maximum Gasteiger partial charge on any atom is 0.387 e. The van der Waals surface area contributed by atoms with E-state index in [1.807, 2.05) is 32.0 Å². The van der Waals surface area contributed by atoms with Crippen molar-refractivity contribution >= 4 is 45.5 Å². The number of anilines is 3. The van der Waals surface area contributed by atoms with Crippen molar-refractivity contribution in [3.63, 3.8) is 0 Å². The molecule has 2 aromatic carbocycles. The summed E-state index contributed by atoms with van der Waals surface area (Å²) in [6.45, 7) is 2.79. The second-order valence-electron chi connectivity index (χ2n) is 6.37. The summed E-state index contributed by atoms with van der Waals surface area (Å²) >= 11 is 2.56. The minimum Gasteiger partial charge on any atom is -0.433 e. The van der Waals surface area contributed by atoms with E-state index in [4.69, 9.17) is 0 Å². The van der Waals surface area contributed by atoms with E-state index in [-0.39, 0.29) is 17.3 Å². The number of hydrogen-bond acceptors (Lipinski definition) is 7. The molecule has 0 spiro atoms. The molecule has 1 aromatic heterocycles. The highest BCUT2D eigenvalue weighted by Gasteiger charge is 2.19. The van der Waals surface area contributed by atoms with E-state index in [0.717, 1.165) is 11.3 Å². The van der Waals surface area contributed by atoms with Gasteiger partial charge in [0.25, 0.3) is 0 Å². The van der Waals surface area contributed by atoms with Gasteiger partial charge >= 0.3 is 6.61 Å². The molecule has 30 heavy (non-hydrogen) atoms. The van der Waals surface area contributed by atoms with Gasteiger partial charge in [0.05, 0.1) is 10.9 Å². The SMILES string of the molecule is Cc1cccc(Nc2nnc(SC(C)C(=O)Nc3ccccc3OC(F)F)s2)c1C. The number of nitrogens with one attached hydrogen (secondary N) is 2. The molecule has 0 bridgehead atoms. The maximum absolute atomic E-state index is 12.5. The second kappa shape index (κ2) is 9.86. The number of nitrogens with zero attached hydrogens (tertiary/aromatic N) is 2. The zero-order chi connectivity index (χ0) is 21.7. The number of aryl methyl sites for hydroxylation is 1. The molecule has 0 saturated carbocycles. The number of carbonyl (C=O) groups excluding carboxylic acids is 1. The number of aromatic nitrogens is 2. The van der Waals surface area contributed by atoms with Crippen LogP contribution >= 0.6 is 23.1 Å². The molecule has 0 saturated heterocycles. The smallest absolute Gasteiger partial charge is 0.387 e. The normalized spacial score (nSPS) is 11.9. The summed E-state index contributed by atoms with van der Waals surface area (Å²) in [4.78, 5) is 12.5. The Morgan fingerprint density at radius 2 is 1.83 bits per heavy atom. The molecule has 3 rings (SSSR count). The first kappa shape index (κ1) is 22.0. The maximum atomic E-state index is 12.5. The average molecular weight is 451 g/mol. The summed E-state index contributed by atoms with van der Waals surface area (Å²) in [7, 11) is 0. The Balaban J connectivity index is 1.62. The van der Waals surface area contributed by atoms with E-state index in [1.165, 1.54) is 40.8 Å². The summed E-state index contributed by atoms with van der Waals surface area (Å²) in [6.07, 6.45) is 0. The Morgan fingerprint density at radius 3 is 2.60 bits per heavy atom. The molecule has 0 aliphatic rings. The first-order chi connectivity index (χ1) is 14.3. The Hall–Kier alpha value is -2.72. The van der Waals surface area contributed by atoms with E-state index in [0.29, 0.717) is 9.47 Å². The molecule has 3 aromatic rings. The van der Waals surface area contributed by atoms with E-state index < -0.39 is 11.9 Å². The predicted octanol–water partition coefficient (Wildman–Crippen LogP) is 5.62. The molecule has 0 radical (unpaired) electrons. The number of alkyl halides is 2. The molecule has 158 valence electrons. The van der Waals surface area contributed by atoms with Gasteiger partial charge in [0, 0.05) is 5.69 Å². The summed E-state index contributed by atoms with van der Waals surface area (Å²) < 4.78 is 30.1. The van der Waals surface area contributed by atoms with Crippen molar-refractivity contribution < 1.29 is 18.3 Å². The van der Waals surface area contributed by atoms with Gasteiger partial charge in [0.1, 0.15) is 5.75 Å².